The molecule has 0 fully saturated rings. The summed E-state index contributed by atoms with van der Waals surface area (Å²) in [5.41, 5.74) is 4.80. The van der Waals surface area contributed by atoms with Gasteiger partial charge in [-0.15, -0.1) is 0 Å². The maximum atomic E-state index is 12.5. The van der Waals surface area contributed by atoms with Gasteiger partial charge in [0.2, 0.25) is 5.91 Å². The molecule has 0 saturated carbocycles. The van der Waals surface area contributed by atoms with Crippen molar-refractivity contribution in [1.29, 1.82) is 0 Å². The van der Waals surface area contributed by atoms with Crippen LogP contribution >= 0.6 is 0 Å². The largest absolute Gasteiger partial charge is 0.326 e. The third-order valence-electron chi connectivity index (χ3n) is 5.33. The van der Waals surface area contributed by atoms with Crippen LogP contribution in [0.1, 0.15) is 47.7 Å². The Kier molecular flexibility index (Phi) is 5.45. The van der Waals surface area contributed by atoms with Gasteiger partial charge in [-0.3, -0.25) is 9.69 Å². The number of amides is 1. The molecule has 1 aliphatic rings. The number of aromatic nitrogens is 3. The van der Waals surface area contributed by atoms with Gasteiger partial charge in [-0.05, 0) is 49.6 Å². The van der Waals surface area contributed by atoms with Gasteiger partial charge >= 0.3 is 0 Å². The zero-order valence-electron chi connectivity index (χ0n) is 17.2. The molecule has 0 bridgehead atoms. The summed E-state index contributed by atoms with van der Waals surface area (Å²) in [5.74, 6) is 1.55. The quantitative estimate of drug-likeness (QED) is 0.692. The number of nitrogens with one attached hydrogen (secondary N) is 1. The number of carbonyl (C=O) groups excluding carboxylic acids is 1. The lowest BCUT2D eigenvalue weighted by atomic mass is 10.1. The molecule has 0 unspecified atom stereocenters. The number of carbonyl (C=O) groups is 1. The molecular formula is C23H27N5O. The molecule has 1 aromatic heterocycles. The standard InChI is InChI=1S/C23H27N5O/c1-16(28-18(3)24-17(2)26-28)11-23(29)25-22-10-9-20-14-27(15-21(20)12-22)13-19-7-5-4-6-8-19/h4-10,12,16H,11,13-15H2,1-3H3,(H,25,29)/t16-/m1/s1. The molecule has 0 saturated heterocycles. The number of rotatable bonds is 6. The fourth-order valence-electron chi connectivity index (χ4n) is 4.02. The summed E-state index contributed by atoms with van der Waals surface area (Å²) >= 11 is 0. The SMILES string of the molecule is Cc1nc(C)n([C@H](C)CC(=O)Nc2ccc3c(c2)CN(Cc2ccccc2)C3)n1. The maximum Gasteiger partial charge on any atom is 0.226 e. The minimum Gasteiger partial charge on any atom is -0.326 e. The number of nitrogens with zero attached hydrogens (tertiary/aromatic N) is 4. The molecular weight excluding hydrogens is 362 g/mol. The van der Waals surface area contributed by atoms with Gasteiger partial charge in [-0.2, -0.15) is 5.10 Å². The Hall–Kier alpha value is -2.99. The van der Waals surface area contributed by atoms with Crippen molar-refractivity contribution >= 4 is 11.6 Å². The molecule has 1 amide bonds. The first-order valence-electron chi connectivity index (χ1n) is 10.1. The Morgan fingerprint density at radius 3 is 2.59 bits per heavy atom. The molecule has 0 radical (unpaired) electrons. The Balaban J connectivity index is 1.36. The molecule has 29 heavy (non-hydrogen) atoms. The Morgan fingerprint density at radius 2 is 1.86 bits per heavy atom. The van der Waals surface area contributed by atoms with Crippen LogP contribution in [0.2, 0.25) is 0 Å². The van der Waals surface area contributed by atoms with E-state index in [4.69, 9.17) is 0 Å². The van der Waals surface area contributed by atoms with E-state index >= 15 is 0 Å². The molecule has 1 N–H and O–H groups in total. The fraction of sp³-hybridized carbons (Fsp3) is 0.348. The van der Waals surface area contributed by atoms with E-state index in [2.05, 4.69) is 56.7 Å². The maximum absolute atomic E-state index is 12.5. The van der Waals surface area contributed by atoms with E-state index in [1.807, 2.05) is 37.6 Å². The average molecular weight is 390 g/mol. The number of hydrogen-bond acceptors (Lipinski definition) is 4. The Morgan fingerprint density at radius 1 is 1.10 bits per heavy atom. The zero-order chi connectivity index (χ0) is 20.4. The van der Waals surface area contributed by atoms with Crippen molar-refractivity contribution in [3.8, 4) is 0 Å². The smallest absolute Gasteiger partial charge is 0.226 e. The number of aryl methyl sites for hydroxylation is 2. The van der Waals surface area contributed by atoms with Gasteiger partial charge in [0, 0.05) is 31.7 Å². The first kappa shape index (κ1) is 19.3. The summed E-state index contributed by atoms with van der Waals surface area (Å²) in [6, 6.07) is 16.7. The van der Waals surface area contributed by atoms with Crippen molar-refractivity contribution in [3.05, 3.63) is 76.9 Å². The monoisotopic (exact) mass is 389 g/mol. The second-order valence-corrected chi connectivity index (χ2v) is 7.87. The molecule has 0 spiro atoms. The van der Waals surface area contributed by atoms with Crippen molar-refractivity contribution in [2.75, 3.05) is 5.32 Å². The van der Waals surface area contributed by atoms with E-state index in [1.165, 1.54) is 16.7 Å². The van der Waals surface area contributed by atoms with E-state index < -0.39 is 0 Å². The summed E-state index contributed by atoms with van der Waals surface area (Å²) in [4.78, 5) is 19.3. The van der Waals surface area contributed by atoms with Crippen LogP contribution in [-0.2, 0) is 24.4 Å². The van der Waals surface area contributed by atoms with Gasteiger partial charge in [0.15, 0.2) is 0 Å². The van der Waals surface area contributed by atoms with Crippen LogP contribution in [0, 0.1) is 13.8 Å². The third kappa shape index (κ3) is 4.54. The molecule has 2 aromatic carbocycles. The summed E-state index contributed by atoms with van der Waals surface area (Å²) < 4.78 is 1.82. The van der Waals surface area contributed by atoms with E-state index in [0.717, 1.165) is 37.0 Å². The first-order valence-corrected chi connectivity index (χ1v) is 10.1. The van der Waals surface area contributed by atoms with Gasteiger partial charge in [-0.25, -0.2) is 9.67 Å². The van der Waals surface area contributed by atoms with Crippen LogP contribution in [0.4, 0.5) is 5.69 Å². The third-order valence-corrected chi connectivity index (χ3v) is 5.33. The molecule has 6 nitrogen and oxygen atoms in total. The zero-order valence-corrected chi connectivity index (χ0v) is 17.2. The van der Waals surface area contributed by atoms with Crippen LogP contribution in [0.15, 0.2) is 48.5 Å². The molecule has 1 atom stereocenters. The Labute approximate surface area is 171 Å². The predicted molar refractivity (Wildman–Crippen MR) is 113 cm³/mol. The summed E-state index contributed by atoms with van der Waals surface area (Å²) in [7, 11) is 0. The highest BCUT2D eigenvalue weighted by Crippen LogP contribution is 2.27. The number of hydrogen-bond donors (Lipinski definition) is 1. The molecule has 150 valence electrons. The summed E-state index contributed by atoms with van der Waals surface area (Å²) in [5, 5.41) is 7.42. The highest BCUT2D eigenvalue weighted by Gasteiger charge is 2.20. The summed E-state index contributed by atoms with van der Waals surface area (Å²) in [6.45, 7) is 8.55. The average Bonchev–Trinajstić information content (AvgIpc) is 3.23. The van der Waals surface area contributed by atoms with E-state index in [-0.39, 0.29) is 11.9 Å². The van der Waals surface area contributed by atoms with Gasteiger partial charge < -0.3 is 5.32 Å². The molecule has 4 rings (SSSR count). The molecule has 3 aromatic rings. The van der Waals surface area contributed by atoms with Gasteiger partial charge in [-0.1, -0.05) is 36.4 Å². The molecule has 2 heterocycles. The Bertz CT molecular complexity index is 1010. The van der Waals surface area contributed by atoms with Crippen LogP contribution < -0.4 is 5.32 Å². The topological polar surface area (TPSA) is 63.1 Å². The lowest BCUT2D eigenvalue weighted by molar-refractivity contribution is -0.116. The van der Waals surface area contributed by atoms with Crippen molar-refractivity contribution in [1.82, 2.24) is 19.7 Å². The van der Waals surface area contributed by atoms with Gasteiger partial charge in [0.1, 0.15) is 11.6 Å². The summed E-state index contributed by atoms with van der Waals surface area (Å²) in [6.07, 6.45) is 0.362. The first-order chi connectivity index (χ1) is 14.0. The predicted octanol–water partition coefficient (Wildman–Crippen LogP) is 4.00. The van der Waals surface area contributed by atoms with Gasteiger partial charge in [0.25, 0.3) is 0 Å². The minimum absolute atomic E-state index is 0.0101. The van der Waals surface area contributed by atoms with Crippen molar-refractivity contribution < 1.29 is 4.79 Å². The highest BCUT2D eigenvalue weighted by atomic mass is 16.1. The second kappa shape index (κ2) is 8.17. The lowest BCUT2D eigenvalue weighted by Crippen LogP contribution is -2.19. The highest BCUT2D eigenvalue weighted by molar-refractivity contribution is 5.91. The molecule has 1 aliphatic heterocycles. The van der Waals surface area contributed by atoms with Crippen LogP contribution in [0.25, 0.3) is 0 Å². The number of anilines is 1. The van der Waals surface area contributed by atoms with E-state index in [0.29, 0.717) is 6.42 Å². The van der Waals surface area contributed by atoms with Crippen LogP contribution in [0.5, 0.6) is 0 Å². The second-order valence-electron chi connectivity index (χ2n) is 7.87. The van der Waals surface area contributed by atoms with Crippen molar-refractivity contribution in [2.24, 2.45) is 0 Å². The molecule has 6 heteroatoms. The molecule has 0 aliphatic carbocycles. The number of fused-ring (bicyclic) bond motifs is 1. The normalized spacial score (nSPS) is 14.6. The van der Waals surface area contributed by atoms with E-state index in [1.54, 1.807) is 0 Å². The van der Waals surface area contributed by atoms with Gasteiger partial charge in [0.05, 0.1) is 6.04 Å². The van der Waals surface area contributed by atoms with Crippen molar-refractivity contribution in [3.63, 3.8) is 0 Å². The minimum atomic E-state index is -0.0352. The number of benzene rings is 2. The van der Waals surface area contributed by atoms with Crippen LogP contribution in [0.3, 0.4) is 0 Å². The fourth-order valence-corrected chi connectivity index (χ4v) is 4.02. The van der Waals surface area contributed by atoms with E-state index in [9.17, 15) is 4.79 Å². The van der Waals surface area contributed by atoms with Crippen LogP contribution in [-0.4, -0.2) is 25.6 Å². The van der Waals surface area contributed by atoms with Crippen molar-refractivity contribution in [2.45, 2.75) is 52.9 Å². The lowest BCUT2D eigenvalue weighted by Gasteiger charge is -2.14.